The molecule has 4 heteroatoms. The fourth-order valence-electron chi connectivity index (χ4n) is 2.46. The van der Waals surface area contributed by atoms with Crippen molar-refractivity contribution in [2.24, 2.45) is 11.8 Å². The lowest BCUT2D eigenvalue weighted by Gasteiger charge is -2.26. The third kappa shape index (κ3) is 3.19. The average molecular weight is 280 g/mol. The van der Waals surface area contributed by atoms with Crippen molar-refractivity contribution in [3.05, 3.63) is 16.5 Å². The van der Waals surface area contributed by atoms with Crippen LogP contribution in [0.5, 0.6) is 0 Å². The van der Waals surface area contributed by atoms with Gasteiger partial charge in [-0.2, -0.15) is 0 Å². The molecule has 104 valence electrons. The lowest BCUT2D eigenvalue weighted by molar-refractivity contribution is 0.665. The number of anilines is 1. The van der Waals surface area contributed by atoms with Crippen LogP contribution in [0.4, 0.5) is 5.82 Å². The van der Waals surface area contributed by atoms with Gasteiger partial charge in [0.15, 0.2) is 0 Å². The van der Waals surface area contributed by atoms with E-state index in [0.717, 1.165) is 48.6 Å². The molecule has 19 heavy (non-hydrogen) atoms. The van der Waals surface area contributed by atoms with E-state index in [0.29, 0.717) is 5.15 Å². The Kier molecular flexibility index (Phi) is 3.66. The van der Waals surface area contributed by atoms with Gasteiger partial charge in [-0.05, 0) is 44.4 Å². The molecule has 1 heterocycles. The Bertz CT molecular complexity index is 453. The van der Waals surface area contributed by atoms with Gasteiger partial charge in [0, 0.05) is 25.1 Å². The van der Waals surface area contributed by atoms with Gasteiger partial charge in [-0.1, -0.05) is 18.5 Å². The minimum atomic E-state index is 0.624. The van der Waals surface area contributed by atoms with E-state index >= 15 is 0 Å². The second kappa shape index (κ2) is 5.28. The molecule has 1 aromatic rings. The molecule has 0 amide bonds. The Balaban J connectivity index is 1.87. The van der Waals surface area contributed by atoms with E-state index in [1.54, 1.807) is 0 Å². The first-order chi connectivity index (χ1) is 9.17. The predicted octanol–water partition coefficient (Wildman–Crippen LogP) is 3.63. The molecule has 0 saturated heterocycles. The molecule has 3 rings (SSSR count). The van der Waals surface area contributed by atoms with Gasteiger partial charge in [-0.25, -0.2) is 9.97 Å². The monoisotopic (exact) mass is 279 g/mol. The molecule has 2 saturated carbocycles. The standard InChI is InChI=1S/C15H22ClN3/c1-3-13-17-14(16)10(2)15(18-13)19(8-11-4-5-11)9-12-6-7-12/h11-12H,3-9H2,1-2H3. The first kappa shape index (κ1) is 13.2. The smallest absolute Gasteiger partial charge is 0.137 e. The van der Waals surface area contributed by atoms with Gasteiger partial charge in [0.1, 0.15) is 16.8 Å². The Morgan fingerprint density at radius 1 is 1.11 bits per heavy atom. The van der Waals surface area contributed by atoms with Crippen LogP contribution < -0.4 is 4.90 Å². The summed E-state index contributed by atoms with van der Waals surface area (Å²) >= 11 is 6.27. The Morgan fingerprint density at radius 2 is 1.68 bits per heavy atom. The molecule has 0 aliphatic heterocycles. The van der Waals surface area contributed by atoms with Crippen LogP contribution in [0.15, 0.2) is 0 Å². The van der Waals surface area contributed by atoms with E-state index in [4.69, 9.17) is 16.6 Å². The molecule has 0 aromatic carbocycles. The summed E-state index contributed by atoms with van der Waals surface area (Å²) in [4.78, 5) is 11.6. The lowest BCUT2D eigenvalue weighted by atomic mass is 10.2. The van der Waals surface area contributed by atoms with Crippen LogP contribution >= 0.6 is 11.6 Å². The first-order valence-corrected chi connectivity index (χ1v) is 7.83. The summed E-state index contributed by atoms with van der Waals surface area (Å²) in [7, 11) is 0. The molecule has 2 aliphatic carbocycles. The zero-order valence-electron chi connectivity index (χ0n) is 11.8. The molecule has 0 radical (unpaired) electrons. The molecule has 0 spiro atoms. The highest BCUT2D eigenvalue weighted by molar-refractivity contribution is 6.30. The van der Waals surface area contributed by atoms with Crippen molar-refractivity contribution in [3.8, 4) is 0 Å². The van der Waals surface area contributed by atoms with Gasteiger partial charge < -0.3 is 4.90 Å². The number of aromatic nitrogens is 2. The number of rotatable bonds is 6. The topological polar surface area (TPSA) is 29.0 Å². The average Bonchev–Trinajstić information content (AvgIpc) is 3.27. The first-order valence-electron chi connectivity index (χ1n) is 7.45. The van der Waals surface area contributed by atoms with Crippen molar-refractivity contribution in [2.75, 3.05) is 18.0 Å². The van der Waals surface area contributed by atoms with Gasteiger partial charge >= 0.3 is 0 Å². The van der Waals surface area contributed by atoms with Gasteiger partial charge in [-0.15, -0.1) is 0 Å². The maximum absolute atomic E-state index is 6.27. The Morgan fingerprint density at radius 3 is 2.16 bits per heavy atom. The summed E-state index contributed by atoms with van der Waals surface area (Å²) in [5.41, 5.74) is 1.04. The van der Waals surface area contributed by atoms with Crippen molar-refractivity contribution in [1.82, 2.24) is 9.97 Å². The highest BCUT2D eigenvalue weighted by atomic mass is 35.5. The fraction of sp³-hybridized carbons (Fsp3) is 0.733. The number of nitrogens with zero attached hydrogens (tertiary/aromatic N) is 3. The molecule has 3 nitrogen and oxygen atoms in total. The molecular weight excluding hydrogens is 258 g/mol. The van der Waals surface area contributed by atoms with E-state index in [-0.39, 0.29) is 0 Å². The molecule has 2 aliphatic rings. The number of aryl methyl sites for hydroxylation is 1. The maximum Gasteiger partial charge on any atom is 0.137 e. The highest BCUT2D eigenvalue weighted by Crippen LogP contribution is 2.36. The van der Waals surface area contributed by atoms with Crippen LogP contribution in [0.1, 0.15) is 44.0 Å². The quantitative estimate of drug-likeness (QED) is 0.745. The van der Waals surface area contributed by atoms with Crippen LogP contribution in [0.25, 0.3) is 0 Å². The second-order valence-electron chi connectivity index (χ2n) is 6.02. The fourth-order valence-corrected chi connectivity index (χ4v) is 2.64. The second-order valence-corrected chi connectivity index (χ2v) is 6.38. The zero-order chi connectivity index (χ0) is 13.4. The molecular formula is C15H22ClN3. The number of hydrogen-bond donors (Lipinski definition) is 0. The summed E-state index contributed by atoms with van der Waals surface area (Å²) in [6, 6.07) is 0. The van der Waals surface area contributed by atoms with Crippen molar-refractivity contribution in [1.29, 1.82) is 0 Å². The van der Waals surface area contributed by atoms with E-state index < -0.39 is 0 Å². The van der Waals surface area contributed by atoms with E-state index in [9.17, 15) is 0 Å². The van der Waals surface area contributed by atoms with Crippen LogP contribution in [0.3, 0.4) is 0 Å². The number of halogens is 1. The largest absolute Gasteiger partial charge is 0.356 e. The van der Waals surface area contributed by atoms with Crippen molar-refractivity contribution < 1.29 is 0 Å². The summed E-state index contributed by atoms with van der Waals surface area (Å²) in [6.07, 6.45) is 6.34. The molecule has 0 atom stereocenters. The van der Waals surface area contributed by atoms with E-state index in [2.05, 4.69) is 16.8 Å². The predicted molar refractivity (Wildman–Crippen MR) is 78.8 cm³/mol. The van der Waals surface area contributed by atoms with Crippen LogP contribution in [-0.4, -0.2) is 23.1 Å². The zero-order valence-corrected chi connectivity index (χ0v) is 12.6. The third-order valence-electron chi connectivity index (χ3n) is 4.07. The van der Waals surface area contributed by atoms with Gasteiger partial charge in [0.2, 0.25) is 0 Å². The van der Waals surface area contributed by atoms with Gasteiger partial charge in [-0.3, -0.25) is 0 Å². The summed E-state index contributed by atoms with van der Waals surface area (Å²) in [5, 5.41) is 0.624. The van der Waals surface area contributed by atoms with Gasteiger partial charge in [0.25, 0.3) is 0 Å². The molecule has 0 bridgehead atoms. The molecule has 0 unspecified atom stereocenters. The Labute approximate surface area is 120 Å². The van der Waals surface area contributed by atoms with Gasteiger partial charge in [0.05, 0.1) is 0 Å². The highest BCUT2D eigenvalue weighted by Gasteiger charge is 2.31. The normalized spacial score (nSPS) is 18.7. The Hall–Kier alpha value is -0.830. The summed E-state index contributed by atoms with van der Waals surface area (Å²) in [6.45, 7) is 6.42. The van der Waals surface area contributed by atoms with E-state index in [1.807, 2.05) is 6.92 Å². The lowest BCUT2D eigenvalue weighted by Crippen LogP contribution is -2.30. The van der Waals surface area contributed by atoms with E-state index in [1.165, 1.54) is 25.7 Å². The molecule has 1 aromatic heterocycles. The van der Waals surface area contributed by atoms with Crippen LogP contribution in [0.2, 0.25) is 5.15 Å². The summed E-state index contributed by atoms with van der Waals surface area (Å²) in [5.74, 6) is 3.69. The molecule has 2 fully saturated rings. The SMILES string of the molecule is CCc1nc(Cl)c(C)c(N(CC2CC2)CC2CC2)n1. The van der Waals surface area contributed by atoms with Crippen molar-refractivity contribution >= 4 is 17.4 Å². The van der Waals surface area contributed by atoms with Crippen LogP contribution in [-0.2, 0) is 6.42 Å². The third-order valence-corrected chi connectivity index (χ3v) is 4.44. The summed E-state index contributed by atoms with van der Waals surface area (Å²) < 4.78 is 0. The maximum atomic E-state index is 6.27. The number of hydrogen-bond acceptors (Lipinski definition) is 3. The van der Waals surface area contributed by atoms with Crippen molar-refractivity contribution in [2.45, 2.75) is 46.0 Å². The minimum absolute atomic E-state index is 0.624. The molecule has 0 N–H and O–H groups in total. The van der Waals surface area contributed by atoms with Crippen molar-refractivity contribution in [3.63, 3.8) is 0 Å². The van der Waals surface area contributed by atoms with Crippen LogP contribution in [0, 0.1) is 18.8 Å². The minimum Gasteiger partial charge on any atom is -0.356 e.